The summed E-state index contributed by atoms with van der Waals surface area (Å²) >= 11 is 0. The number of nitrogens with zero attached hydrogens (tertiary/aromatic N) is 1. The Labute approximate surface area is 99.7 Å². The van der Waals surface area contributed by atoms with Crippen molar-refractivity contribution in [2.24, 2.45) is 0 Å². The van der Waals surface area contributed by atoms with Gasteiger partial charge >= 0.3 is 0 Å². The van der Waals surface area contributed by atoms with Crippen LogP contribution in [0.3, 0.4) is 0 Å². The summed E-state index contributed by atoms with van der Waals surface area (Å²) in [6, 6.07) is 7.67. The summed E-state index contributed by atoms with van der Waals surface area (Å²) in [5.74, 6) is 0. The lowest BCUT2D eigenvalue weighted by molar-refractivity contribution is 0.0712. The fourth-order valence-electron chi connectivity index (χ4n) is 1.76. The third-order valence-electron chi connectivity index (χ3n) is 2.73. The maximum atomic E-state index is 12.0. The molecule has 0 spiro atoms. The molecule has 0 heterocycles. The third-order valence-corrected chi connectivity index (χ3v) is 4.31. The van der Waals surface area contributed by atoms with E-state index in [-0.39, 0.29) is 16.5 Å². The minimum absolute atomic E-state index is 0.0103. The van der Waals surface area contributed by atoms with Crippen molar-refractivity contribution in [1.29, 1.82) is 5.26 Å². The molecule has 0 atom stereocenters. The molecule has 1 aliphatic carbocycles. The molecule has 90 valence electrons. The number of aliphatic hydroxyl groups excluding tert-OH is 1. The minimum Gasteiger partial charge on any atom is -0.393 e. The van der Waals surface area contributed by atoms with Crippen LogP contribution in [0.2, 0.25) is 0 Å². The van der Waals surface area contributed by atoms with Crippen LogP contribution in [0.1, 0.15) is 18.4 Å². The predicted molar refractivity (Wildman–Crippen MR) is 60.5 cm³/mol. The second-order valence-corrected chi connectivity index (χ2v) is 5.73. The van der Waals surface area contributed by atoms with Crippen molar-refractivity contribution in [1.82, 2.24) is 4.72 Å². The molecule has 0 unspecified atom stereocenters. The SMILES string of the molecule is N#Cc1ccccc1S(=O)(=O)NC1CC(O)C1. The summed E-state index contributed by atoms with van der Waals surface area (Å²) in [7, 11) is -3.67. The number of sulfonamides is 1. The molecule has 5 nitrogen and oxygen atoms in total. The van der Waals surface area contributed by atoms with E-state index in [9.17, 15) is 8.42 Å². The smallest absolute Gasteiger partial charge is 0.242 e. The topological polar surface area (TPSA) is 90.2 Å². The second kappa shape index (κ2) is 4.45. The molecule has 1 aromatic rings. The Hall–Kier alpha value is -1.42. The summed E-state index contributed by atoms with van der Waals surface area (Å²) in [4.78, 5) is -0.0103. The summed E-state index contributed by atoms with van der Waals surface area (Å²) < 4.78 is 26.4. The Bertz CT molecular complexity index is 556. The Morgan fingerprint density at radius 3 is 2.59 bits per heavy atom. The van der Waals surface area contributed by atoms with Gasteiger partial charge in [0.1, 0.15) is 6.07 Å². The summed E-state index contributed by atoms with van der Waals surface area (Å²) in [6.07, 6.45) is 0.427. The van der Waals surface area contributed by atoms with Crippen LogP contribution in [-0.4, -0.2) is 25.7 Å². The highest BCUT2D eigenvalue weighted by Gasteiger charge is 2.31. The van der Waals surface area contributed by atoms with Gasteiger partial charge in [0.25, 0.3) is 0 Å². The van der Waals surface area contributed by atoms with Crippen LogP contribution in [0.25, 0.3) is 0 Å². The van der Waals surface area contributed by atoms with Crippen LogP contribution in [0, 0.1) is 11.3 Å². The molecule has 0 saturated heterocycles. The molecule has 1 fully saturated rings. The zero-order valence-corrected chi connectivity index (χ0v) is 9.81. The maximum Gasteiger partial charge on any atom is 0.242 e. The molecule has 6 heteroatoms. The van der Waals surface area contributed by atoms with Gasteiger partial charge < -0.3 is 5.11 Å². The van der Waals surface area contributed by atoms with E-state index in [0.717, 1.165) is 0 Å². The molecule has 0 aromatic heterocycles. The van der Waals surface area contributed by atoms with Crippen molar-refractivity contribution in [2.75, 3.05) is 0 Å². The second-order valence-electron chi connectivity index (χ2n) is 4.05. The third kappa shape index (κ3) is 2.47. The number of aliphatic hydroxyl groups is 1. The summed E-state index contributed by atoms with van der Waals surface area (Å²) in [6.45, 7) is 0. The van der Waals surface area contributed by atoms with E-state index in [4.69, 9.17) is 10.4 Å². The van der Waals surface area contributed by atoms with Gasteiger partial charge in [-0.3, -0.25) is 0 Å². The fourth-order valence-corrected chi connectivity index (χ4v) is 3.18. The van der Waals surface area contributed by atoms with Crippen molar-refractivity contribution in [2.45, 2.75) is 29.9 Å². The van der Waals surface area contributed by atoms with Crippen LogP contribution in [-0.2, 0) is 10.0 Å². The largest absolute Gasteiger partial charge is 0.393 e. The molecule has 1 saturated carbocycles. The first-order chi connectivity index (χ1) is 8.03. The molecule has 17 heavy (non-hydrogen) atoms. The van der Waals surface area contributed by atoms with E-state index >= 15 is 0 Å². The Morgan fingerprint density at radius 2 is 2.00 bits per heavy atom. The summed E-state index contributed by atoms with van der Waals surface area (Å²) in [5.41, 5.74) is 0.125. The quantitative estimate of drug-likeness (QED) is 0.812. The van der Waals surface area contributed by atoms with E-state index in [2.05, 4.69) is 4.72 Å². The first kappa shape index (κ1) is 12.0. The van der Waals surface area contributed by atoms with Gasteiger partial charge in [-0.1, -0.05) is 12.1 Å². The minimum atomic E-state index is -3.67. The number of hydrogen-bond acceptors (Lipinski definition) is 4. The zero-order valence-electron chi connectivity index (χ0n) is 9.00. The van der Waals surface area contributed by atoms with E-state index in [1.807, 2.05) is 6.07 Å². The molecule has 1 aromatic carbocycles. The highest BCUT2D eigenvalue weighted by molar-refractivity contribution is 7.89. The Morgan fingerprint density at radius 1 is 1.35 bits per heavy atom. The first-order valence-electron chi connectivity index (χ1n) is 5.22. The van der Waals surface area contributed by atoms with Crippen molar-refractivity contribution >= 4 is 10.0 Å². The van der Waals surface area contributed by atoms with Crippen LogP contribution < -0.4 is 4.72 Å². The highest BCUT2D eigenvalue weighted by atomic mass is 32.2. The maximum absolute atomic E-state index is 12.0. The highest BCUT2D eigenvalue weighted by Crippen LogP contribution is 2.23. The average Bonchev–Trinajstić information content (AvgIpc) is 2.26. The van der Waals surface area contributed by atoms with Gasteiger partial charge in [0.15, 0.2) is 0 Å². The normalized spacial score (nSPS) is 23.8. The molecule has 0 bridgehead atoms. The molecule has 0 amide bonds. The number of hydrogen-bond donors (Lipinski definition) is 2. The van der Waals surface area contributed by atoms with Crippen LogP contribution in [0.15, 0.2) is 29.2 Å². The monoisotopic (exact) mass is 252 g/mol. The molecule has 2 rings (SSSR count). The number of nitriles is 1. The van der Waals surface area contributed by atoms with Gasteiger partial charge in [0.2, 0.25) is 10.0 Å². The standard InChI is InChI=1S/C11H12N2O3S/c12-7-8-3-1-2-4-11(8)17(15,16)13-9-5-10(14)6-9/h1-4,9-10,13-14H,5-6H2. The Balaban J connectivity index is 2.23. The molecular formula is C11H12N2O3S. The number of rotatable bonds is 3. The molecule has 0 aliphatic heterocycles. The van der Waals surface area contributed by atoms with Crippen molar-refractivity contribution in [3.8, 4) is 6.07 Å². The van der Waals surface area contributed by atoms with Crippen LogP contribution >= 0.6 is 0 Å². The zero-order chi connectivity index (χ0) is 12.5. The van der Waals surface area contributed by atoms with E-state index < -0.39 is 16.1 Å². The lowest BCUT2D eigenvalue weighted by Crippen LogP contribution is -2.46. The van der Waals surface area contributed by atoms with Crippen molar-refractivity contribution in [3.63, 3.8) is 0 Å². The molecular weight excluding hydrogens is 240 g/mol. The number of benzene rings is 1. The van der Waals surface area contributed by atoms with E-state index in [0.29, 0.717) is 12.8 Å². The van der Waals surface area contributed by atoms with E-state index in [1.54, 1.807) is 12.1 Å². The van der Waals surface area contributed by atoms with Crippen LogP contribution in [0.5, 0.6) is 0 Å². The molecule has 0 radical (unpaired) electrons. The van der Waals surface area contributed by atoms with Crippen molar-refractivity contribution < 1.29 is 13.5 Å². The average molecular weight is 252 g/mol. The Kier molecular flexibility index (Phi) is 3.15. The van der Waals surface area contributed by atoms with Gasteiger partial charge in [-0.05, 0) is 25.0 Å². The lowest BCUT2D eigenvalue weighted by Gasteiger charge is -2.31. The van der Waals surface area contributed by atoms with Crippen LogP contribution in [0.4, 0.5) is 0 Å². The molecule has 1 aliphatic rings. The van der Waals surface area contributed by atoms with Gasteiger partial charge in [0.05, 0.1) is 16.6 Å². The van der Waals surface area contributed by atoms with Gasteiger partial charge in [-0.2, -0.15) is 5.26 Å². The summed E-state index contributed by atoms with van der Waals surface area (Å²) in [5, 5.41) is 17.9. The lowest BCUT2D eigenvalue weighted by atomic mass is 9.91. The van der Waals surface area contributed by atoms with Gasteiger partial charge in [0, 0.05) is 6.04 Å². The van der Waals surface area contributed by atoms with Crippen molar-refractivity contribution in [3.05, 3.63) is 29.8 Å². The predicted octanol–water partition coefficient (Wildman–Crippen LogP) is 0.360. The van der Waals surface area contributed by atoms with Gasteiger partial charge in [-0.15, -0.1) is 0 Å². The fraction of sp³-hybridized carbons (Fsp3) is 0.364. The first-order valence-corrected chi connectivity index (χ1v) is 6.71. The number of nitrogens with one attached hydrogen (secondary N) is 1. The van der Waals surface area contributed by atoms with Gasteiger partial charge in [-0.25, -0.2) is 13.1 Å². The van der Waals surface area contributed by atoms with E-state index in [1.165, 1.54) is 12.1 Å². The molecule has 2 N–H and O–H groups in total.